The van der Waals surface area contributed by atoms with Gasteiger partial charge in [0.05, 0.1) is 10.9 Å². The van der Waals surface area contributed by atoms with Crippen LogP contribution in [0.3, 0.4) is 0 Å². The van der Waals surface area contributed by atoms with E-state index in [9.17, 15) is 14.3 Å². The summed E-state index contributed by atoms with van der Waals surface area (Å²) in [7, 11) is -1.55. The number of nitrogens with zero attached hydrogens (tertiary/aromatic N) is 1. The van der Waals surface area contributed by atoms with Crippen molar-refractivity contribution in [3.05, 3.63) is 39.9 Å². The molecule has 0 spiro atoms. The second kappa shape index (κ2) is 7.26. The van der Waals surface area contributed by atoms with Gasteiger partial charge in [-0.05, 0) is 39.3 Å². The number of rotatable bonds is 6. The van der Waals surface area contributed by atoms with Gasteiger partial charge in [-0.1, -0.05) is 24.6 Å². The molecule has 0 radical (unpaired) electrons. The number of nitro groups is 1. The summed E-state index contributed by atoms with van der Waals surface area (Å²) in [5.41, 5.74) is -0.411. The van der Waals surface area contributed by atoms with E-state index in [1.165, 1.54) is 0 Å². The van der Waals surface area contributed by atoms with E-state index in [4.69, 9.17) is 9.47 Å². The normalized spacial score (nSPS) is 21.8. The van der Waals surface area contributed by atoms with Crippen molar-refractivity contribution in [2.24, 2.45) is 0 Å². The molecule has 2 rings (SSSR count). The van der Waals surface area contributed by atoms with Crippen molar-refractivity contribution in [1.29, 1.82) is 0 Å². The zero-order valence-corrected chi connectivity index (χ0v) is 15.2. The Labute approximate surface area is 144 Å². The fourth-order valence-electron chi connectivity index (χ4n) is 2.55. The van der Waals surface area contributed by atoms with Crippen LogP contribution in [-0.4, -0.2) is 39.7 Å². The molecular formula is C16H24N2O5S. The second-order valence-electron chi connectivity index (χ2n) is 6.50. The molecule has 1 heterocycles. The molecule has 2 unspecified atom stereocenters. The van der Waals surface area contributed by atoms with Gasteiger partial charge in [0.15, 0.2) is 5.79 Å². The fraction of sp³-hybridized carbons (Fsp3) is 0.625. The second-order valence-corrected chi connectivity index (χ2v) is 7.74. The Morgan fingerprint density at radius 1 is 1.29 bits per heavy atom. The summed E-state index contributed by atoms with van der Waals surface area (Å²) in [6.45, 7) is 7.00. The van der Waals surface area contributed by atoms with Crippen LogP contribution >= 0.6 is 0 Å². The lowest BCUT2D eigenvalue weighted by atomic mass is 9.90. The van der Waals surface area contributed by atoms with Gasteiger partial charge in [0.2, 0.25) is 0 Å². The first kappa shape index (κ1) is 19.0. The van der Waals surface area contributed by atoms with Crippen LogP contribution in [0.5, 0.6) is 0 Å². The molecule has 0 saturated carbocycles. The molecule has 1 aliphatic rings. The van der Waals surface area contributed by atoms with Gasteiger partial charge in [0, 0.05) is 4.92 Å². The van der Waals surface area contributed by atoms with Gasteiger partial charge in [-0.25, -0.2) is 8.93 Å². The average molecular weight is 356 g/mol. The maximum atomic E-state index is 12.6. The minimum atomic E-state index is -1.55. The van der Waals surface area contributed by atoms with Gasteiger partial charge in [-0.3, -0.25) is 10.1 Å². The Morgan fingerprint density at radius 2 is 1.83 bits per heavy atom. The van der Waals surface area contributed by atoms with Gasteiger partial charge in [-0.15, -0.1) is 0 Å². The minimum absolute atomic E-state index is 0.0936. The quantitative estimate of drug-likeness (QED) is 0.623. The molecule has 1 aliphatic heterocycles. The minimum Gasteiger partial charge on any atom is -0.343 e. The summed E-state index contributed by atoms with van der Waals surface area (Å²) in [5.74, 6) is -0.853. The van der Waals surface area contributed by atoms with Crippen LogP contribution in [0, 0.1) is 17.0 Å². The van der Waals surface area contributed by atoms with Crippen molar-refractivity contribution in [2.45, 2.75) is 56.4 Å². The molecule has 1 N–H and O–H groups in total. The molecule has 0 amide bonds. The summed E-state index contributed by atoms with van der Waals surface area (Å²) >= 11 is 0. The molecule has 0 aliphatic carbocycles. The highest BCUT2D eigenvalue weighted by Crippen LogP contribution is 2.30. The fourth-order valence-corrected chi connectivity index (χ4v) is 3.71. The van der Waals surface area contributed by atoms with Crippen molar-refractivity contribution in [1.82, 2.24) is 4.72 Å². The molecule has 1 aromatic rings. The lowest BCUT2D eigenvalue weighted by molar-refractivity contribution is -0.599. The lowest BCUT2D eigenvalue weighted by Gasteiger charge is -2.41. The maximum Gasteiger partial charge on any atom is 0.283 e. The van der Waals surface area contributed by atoms with Crippen LogP contribution in [0.15, 0.2) is 29.2 Å². The van der Waals surface area contributed by atoms with Gasteiger partial charge in [-0.2, -0.15) is 0 Å². The van der Waals surface area contributed by atoms with Gasteiger partial charge >= 0.3 is 0 Å². The SMILES string of the molecule is CCC(NS(=O)c1ccc(C)cc1)C1([N+](=O)[O-])COC(C)(C)OC1. The number of ether oxygens (including phenoxy) is 2. The maximum absolute atomic E-state index is 12.6. The molecule has 2 atom stereocenters. The van der Waals surface area contributed by atoms with Crippen molar-refractivity contribution in [3.8, 4) is 0 Å². The molecule has 1 aromatic carbocycles. The van der Waals surface area contributed by atoms with E-state index >= 15 is 0 Å². The largest absolute Gasteiger partial charge is 0.343 e. The van der Waals surface area contributed by atoms with Gasteiger partial charge in [0.1, 0.15) is 24.2 Å². The van der Waals surface area contributed by atoms with Crippen LogP contribution in [0.4, 0.5) is 0 Å². The predicted molar refractivity (Wildman–Crippen MR) is 90.5 cm³/mol. The standard InChI is InChI=1S/C16H24N2O5S/c1-5-14(17-24(21)13-8-6-12(2)7-9-13)16(18(19)20)10-22-15(3,4)23-11-16/h6-9,14,17H,5,10-11H2,1-4H3. The third-order valence-electron chi connectivity index (χ3n) is 4.24. The summed E-state index contributed by atoms with van der Waals surface area (Å²) in [4.78, 5) is 12.0. The number of hydrogen-bond donors (Lipinski definition) is 1. The highest BCUT2D eigenvalue weighted by atomic mass is 32.2. The molecule has 24 heavy (non-hydrogen) atoms. The third-order valence-corrected chi connectivity index (χ3v) is 5.44. The van der Waals surface area contributed by atoms with Crippen molar-refractivity contribution in [3.63, 3.8) is 0 Å². The predicted octanol–water partition coefficient (Wildman–Crippen LogP) is 2.18. The first-order chi connectivity index (χ1) is 11.2. The van der Waals surface area contributed by atoms with E-state index in [1.807, 2.05) is 26.0 Å². The van der Waals surface area contributed by atoms with E-state index in [-0.39, 0.29) is 18.1 Å². The smallest absolute Gasteiger partial charge is 0.283 e. The molecule has 0 bridgehead atoms. The Kier molecular flexibility index (Phi) is 5.74. The van der Waals surface area contributed by atoms with E-state index in [2.05, 4.69) is 4.72 Å². The van der Waals surface area contributed by atoms with Gasteiger partial charge < -0.3 is 9.47 Å². The summed E-state index contributed by atoms with van der Waals surface area (Å²) in [5, 5.41) is 11.8. The number of hydrogen-bond acceptors (Lipinski definition) is 5. The van der Waals surface area contributed by atoms with Crippen LogP contribution in [-0.2, 0) is 20.5 Å². The molecule has 1 saturated heterocycles. The Morgan fingerprint density at radius 3 is 2.29 bits per heavy atom. The van der Waals surface area contributed by atoms with Crippen molar-refractivity contribution in [2.75, 3.05) is 13.2 Å². The molecule has 7 nitrogen and oxygen atoms in total. The first-order valence-electron chi connectivity index (χ1n) is 7.87. The molecule has 0 aromatic heterocycles. The van der Waals surface area contributed by atoms with Crippen LogP contribution in [0.1, 0.15) is 32.8 Å². The molecule has 1 fully saturated rings. The summed E-state index contributed by atoms with van der Waals surface area (Å²) in [6.07, 6.45) is 0.422. The lowest BCUT2D eigenvalue weighted by Crippen LogP contribution is -2.65. The highest BCUT2D eigenvalue weighted by molar-refractivity contribution is 7.83. The van der Waals surface area contributed by atoms with Crippen LogP contribution in [0.2, 0.25) is 0 Å². The first-order valence-corrected chi connectivity index (χ1v) is 9.02. The Balaban J connectivity index is 2.20. The average Bonchev–Trinajstić information content (AvgIpc) is 2.53. The molecule has 134 valence electrons. The Bertz CT molecular complexity index is 607. The van der Waals surface area contributed by atoms with Crippen molar-refractivity contribution >= 4 is 11.0 Å². The summed E-state index contributed by atoms with van der Waals surface area (Å²) < 4.78 is 26.5. The number of nitrogens with one attached hydrogen (secondary N) is 1. The van der Waals surface area contributed by atoms with E-state index < -0.39 is 28.4 Å². The number of benzene rings is 1. The zero-order chi connectivity index (χ0) is 18.0. The molecular weight excluding hydrogens is 332 g/mol. The van der Waals surface area contributed by atoms with Crippen LogP contribution < -0.4 is 4.72 Å². The topological polar surface area (TPSA) is 90.7 Å². The summed E-state index contributed by atoms with van der Waals surface area (Å²) in [6, 6.07) is 6.57. The van der Waals surface area contributed by atoms with Crippen LogP contribution in [0.25, 0.3) is 0 Å². The van der Waals surface area contributed by atoms with Gasteiger partial charge in [0.25, 0.3) is 5.54 Å². The molecule has 8 heteroatoms. The highest BCUT2D eigenvalue weighted by Gasteiger charge is 2.55. The van der Waals surface area contributed by atoms with E-state index in [1.54, 1.807) is 26.0 Å². The van der Waals surface area contributed by atoms with E-state index in [0.29, 0.717) is 11.3 Å². The van der Waals surface area contributed by atoms with E-state index in [0.717, 1.165) is 5.56 Å². The third kappa shape index (κ3) is 4.00. The Hall–Kier alpha value is -1.35. The zero-order valence-electron chi connectivity index (χ0n) is 14.4. The van der Waals surface area contributed by atoms with Crippen molar-refractivity contribution < 1.29 is 18.6 Å². The number of aryl methyl sites for hydroxylation is 1. The monoisotopic (exact) mass is 356 g/mol.